The Kier molecular flexibility index (Phi) is 6.96. The molecule has 0 heterocycles. The lowest BCUT2D eigenvalue weighted by Crippen LogP contribution is -2.71. The molecule has 32 heavy (non-hydrogen) atoms. The van der Waals surface area contributed by atoms with Gasteiger partial charge in [-0.2, -0.15) is 0 Å². The Bertz CT molecular complexity index is 1050. The first-order valence-corrected chi connectivity index (χ1v) is 11.5. The molecular formula is C22H20Cl4N2O4. The molecule has 2 amide bonds. The second-order valence-electron chi connectivity index (χ2n) is 8.03. The molecule has 2 saturated carbocycles. The third-order valence-electron chi connectivity index (χ3n) is 6.05. The van der Waals surface area contributed by atoms with Gasteiger partial charge in [0.15, 0.2) is 6.61 Å². The van der Waals surface area contributed by atoms with E-state index in [0.29, 0.717) is 31.5 Å². The number of anilines is 1. The number of hydrogen-bond donors (Lipinski definition) is 2. The second-order valence-corrected chi connectivity index (χ2v) is 9.66. The van der Waals surface area contributed by atoms with Crippen LogP contribution in [0.4, 0.5) is 10.5 Å². The molecule has 2 fully saturated rings. The van der Waals surface area contributed by atoms with Crippen LogP contribution >= 0.6 is 46.4 Å². The molecule has 2 aromatic carbocycles. The lowest BCUT2D eigenvalue weighted by molar-refractivity contribution is -0.142. The highest BCUT2D eigenvalue weighted by Gasteiger charge is 2.60. The van der Waals surface area contributed by atoms with E-state index in [0.717, 1.165) is 19.3 Å². The van der Waals surface area contributed by atoms with E-state index in [9.17, 15) is 9.59 Å². The molecule has 4 rings (SSSR count). The fourth-order valence-electron chi connectivity index (χ4n) is 4.37. The van der Waals surface area contributed by atoms with Crippen molar-refractivity contribution in [2.45, 2.75) is 24.8 Å². The molecule has 0 bridgehead atoms. The summed E-state index contributed by atoms with van der Waals surface area (Å²) >= 11 is 23.7. The van der Waals surface area contributed by atoms with E-state index < -0.39 is 6.09 Å². The molecule has 6 nitrogen and oxygen atoms in total. The topological polar surface area (TPSA) is 76.7 Å². The summed E-state index contributed by atoms with van der Waals surface area (Å²) in [6.07, 6.45) is 2.09. The second kappa shape index (κ2) is 9.56. The zero-order chi connectivity index (χ0) is 22.9. The maximum Gasteiger partial charge on any atom is 0.411 e. The lowest BCUT2D eigenvalue weighted by atomic mass is 9.48. The van der Waals surface area contributed by atoms with Crippen molar-refractivity contribution in [1.82, 2.24) is 5.32 Å². The fourth-order valence-corrected chi connectivity index (χ4v) is 4.96. The summed E-state index contributed by atoms with van der Waals surface area (Å²) in [4.78, 5) is 24.4. The minimum atomic E-state index is -0.556. The van der Waals surface area contributed by atoms with Crippen LogP contribution in [-0.2, 0) is 9.53 Å². The smallest absolute Gasteiger partial charge is 0.411 e. The van der Waals surface area contributed by atoms with E-state index >= 15 is 0 Å². The highest BCUT2D eigenvalue weighted by Crippen LogP contribution is 2.57. The van der Waals surface area contributed by atoms with Gasteiger partial charge in [0, 0.05) is 23.2 Å². The maximum absolute atomic E-state index is 12.4. The van der Waals surface area contributed by atoms with Crippen LogP contribution in [0.1, 0.15) is 19.3 Å². The molecule has 0 aliphatic heterocycles. The SMILES string of the molecule is O=C(COc1ccc(Cl)c(Cl)c1)NC12CCC1C(COC(=O)Nc1ccc(Cl)c(Cl)c1)C2. The normalized spacial score (nSPS) is 23.2. The largest absolute Gasteiger partial charge is 0.484 e. The first-order chi connectivity index (χ1) is 15.3. The van der Waals surface area contributed by atoms with Crippen molar-refractivity contribution < 1.29 is 19.1 Å². The highest BCUT2D eigenvalue weighted by atomic mass is 35.5. The number of nitrogens with one attached hydrogen (secondary N) is 2. The van der Waals surface area contributed by atoms with Crippen LogP contribution in [0.3, 0.4) is 0 Å². The van der Waals surface area contributed by atoms with Crippen LogP contribution in [0, 0.1) is 11.8 Å². The summed E-state index contributed by atoms with van der Waals surface area (Å²) in [6, 6.07) is 9.65. The van der Waals surface area contributed by atoms with Gasteiger partial charge in [-0.3, -0.25) is 10.1 Å². The maximum atomic E-state index is 12.4. The van der Waals surface area contributed by atoms with Gasteiger partial charge in [0.25, 0.3) is 5.91 Å². The number of hydrogen-bond acceptors (Lipinski definition) is 4. The number of fused-ring (bicyclic) bond motifs is 1. The van der Waals surface area contributed by atoms with Crippen molar-refractivity contribution in [2.75, 3.05) is 18.5 Å². The Morgan fingerprint density at radius 2 is 1.72 bits per heavy atom. The monoisotopic (exact) mass is 516 g/mol. The van der Waals surface area contributed by atoms with Gasteiger partial charge in [-0.05, 0) is 55.5 Å². The molecule has 170 valence electrons. The van der Waals surface area contributed by atoms with Gasteiger partial charge in [0.1, 0.15) is 5.75 Å². The van der Waals surface area contributed by atoms with Crippen molar-refractivity contribution in [3.05, 3.63) is 56.5 Å². The molecule has 3 atom stereocenters. The van der Waals surface area contributed by atoms with Crippen molar-refractivity contribution in [3.63, 3.8) is 0 Å². The van der Waals surface area contributed by atoms with Crippen LogP contribution in [-0.4, -0.2) is 30.8 Å². The molecule has 2 aromatic rings. The van der Waals surface area contributed by atoms with E-state index in [-0.39, 0.29) is 36.5 Å². The molecular weight excluding hydrogens is 498 g/mol. The van der Waals surface area contributed by atoms with Crippen molar-refractivity contribution >= 4 is 64.1 Å². The number of carbonyl (C=O) groups is 2. The predicted molar refractivity (Wildman–Crippen MR) is 125 cm³/mol. The van der Waals surface area contributed by atoms with E-state index in [1.165, 1.54) is 0 Å². The van der Waals surface area contributed by atoms with Crippen LogP contribution in [0.25, 0.3) is 0 Å². The summed E-state index contributed by atoms with van der Waals surface area (Å²) in [6.45, 7) is 0.175. The summed E-state index contributed by atoms with van der Waals surface area (Å²) in [5.74, 6) is 0.774. The first-order valence-electron chi connectivity index (χ1n) is 10.0. The standard InChI is InChI=1S/C22H20Cl4N2O4/c23-16-3-1-13(7-18(16)25)27-21(30)32-10-12-9-22(6-5-15(12)22)28-20(29)11-31-14-2-4-17(24)19(26)8-14/h1-4,7-8,12,15H,5-6,9-11H2,(H,27,30)(H,28,29). The minimum Gasteiger partial charge on any atom is -0.484 e. The summed E-state index contributed by atoms with van der Waals surface area (Å²) in [7, 11) is 0. The number of amides is 2. The molecule has 3 unspecified atom stereocenters. The van der Waals surface area contributed by atoms with Crippen LogP contribution in [0.15, 0.2) is 36.4 Å². The average Bonchev–Trinajstić information content (AvgIpc) is 2.74. The Hall–Kier alpha value is -1.86. The first kappa shape index (κ1) is 23.3. The quantitative estimate of drug-likeness (QED) is 0.457. The van der Waals surface area contributed by atoms with Gasteiger partial charge in [-0.15, -0.1) is 0 Å². The number of benzene rings is 2. The summed E-state index contributed by atoms with van der Waals surface area (Å²) < 4.78 is 10.9. The molecule has 2 aliphatic carbocycles. The molecule has 2 N–H and O–H groups in total. The third-order valence-corrected chi connectivity index (χ3v) is 7.53. The van der Waals surface area contributed by atoms with Gasteiger partial charge in [-0.25, -0.2) is 4.79 Å². The van der Waals surface area contributed by atoms with E-state index in [1.807, 2.05) is 0 Å². The van der Waals surface area contributed by atoms with E-state index in [1.54, 1.807) is 36.4 Å². The van der Waals surface area contributed by atoms with Crippen molar-refractivity contribution in [3.8, 4) is 5.75 Å². The Labute approximate surface area is 205 Å². The number of ether oxygens (including phenoxy) is 2. The van der Waals surface area contributed by atoms with Crippen LogP contribution < -0.4 is 15.4 Å². The van der Waals surface area contributed by atoms with Crippen molar-refractivity contribution in [2.24, 2.45) is 11.8 Å². The molecule has 0 spiro atoms. The fraction of sp³-hybridized carbons (Fsp3) is 0.364. The molecule has 10 heteroatoms. The van der Waals surface area contributed by atoms with E-state index in [4.69, 9.17) is 55.9 Å². The lowest BCUT2D eigenvalue weighted by Gasteiger charge is -2.63. The molecule has 0 saturated heterocycles. The van der Waals surface area contributed by atoms with Gasteiger partial charge in [-0.1, -0.05) is 46.4 Å². The van der Waals surface area contributed by atoms with Gasteiger partial charge in [0.05, 0.1) is 26.7 Å². The number of halogens is 4. The number of rotatable bonds is 7. The minimum absolute atomic E-state index is 0.111. The predicted octanol–water partition coefficient (Wildman–Crippen LogP) is 6.21. The highest BCUT2D eigenvalue weighted by molar-refractivity contribution is 6.42. The van der Waals surface area contributed by atoms with Crippen LogP contribution in [0.5, 0.6) is 5.75 Å². The van der Waals surface area contributed by atoms with Gasteiger partial charge >= 0.3 is 6.09 Å². The number of carbonyl (C=O) groups excluding carboxylic acids is 2. The molecule has 0 aromatic heterocycles. The molecule has 0 radical (unpaired) electrons. The summed E-state index contributed by atoms with van der Waals surface area (Å²) in [5, 5.41) is 7.27. The van der Waals surface area contributed by atoms with Gasteiger partial charge in [0.2, 0.25) is 0 Å². The summed E-state index contributed by atoms with van der Waals surface area (Å²) in [5.41, 5.74) is 0.275. The van der Waals surface area contributed by atoms with Crippen LogP contribution in [0.2, 0.25) is 20.1 Å². The average molecular weight is 518 g/mol. The Morgan fingerprint density at radius 3 is 2.34 bits per heavy atom. The molecule has 2 aliphatic rings. The Balaban J connectivity index is 1.20. The van der Waals surface area contributed by atoms with Gasteiger partial charge < -0.3 is 14.8 Å². The Morgan fingerprint density at radius 1 is 1.00 bits per heavy atom. The third kappa shape index (κ3) is 5.04. The zero-order valence-corrected chi connectivity index (χ0v) is 19.8. The van der Waals surface area contributed by atoms with Crippen molar-refractivity contribution in [1.29, 1.82) is 0 Å². The zero-order valence-electron chi connectivity index (χ0n) is 16.8. The van der Waals surface area contributed by atoms with E-state index in [2.05, 4.69) is 10.6 Å².